The van der Waals surface area contributed by atoms with Crippen LogP contribution in [0.2, 0.25) is 0 Å². The number of thioether (sulfide) groups is 2. The fourth-order valence-electron chi connectivity index (χ4n) is 2.89. The van der Waals surface area contributed by atoms with Crippen molar-refractivity contribution in [3.8, 4) is 0 Å². The van der Waals surface area contributed by atoms with Gasteiger partial charge in [0.05, 0.1) is 12.2 Å². The van der Waals surface area contributed by atoms with Gasteiger partial charge in [0.1, 0.15) is 4.93 Å². The Hall–Kier alpha value is 0.620. The van der Waals surface area contributed by atoms with Crippen molar-refractivity contribution in [2.45, 2.75) is 54.5 Å². The highest BCUT2D eigenvalue weighted by Gasteiger charge is 2.51. The Kier molecular flexibility index (Phi) is 2.96. The van der Waals surface area contributed by atoms with Crippen LogP contribution in [0.5, 0.6) is 0 Å². The molecule has 15 heavy (non-hydrogen) atoms. The maximum Gasteiger partial charge on any atom is 0.126 e. The highest BCUT2D eigenvalue weighted by Crippen LogP contribution is 2.52. The molecule has 0 aliphatic carbocycles. The van der Waals surface area contributed by atoms with E-state index in [0.717, 1.165) is 19.3 Å². The first-order chi connectivity index (χ1) is 7.30. The molecule has 0 amide bonds. The monoisotopic (exact) mass is 246 g/mol. The highest BCUT2D eigenvalue weighted by molar-refractivity contribution is 8.04. The third kappa shape index (κ3) is 1.84. The molecule has 1 spiro atoms. The predicted molar refractivity (Wildman–Crippen MR) is 65.4 cm³/mol. The van der Waals surface area contributed by atoms with Gasteiger partial charge >= 0.3 is 0 Å². The molecule has 3 aliphatic heterocycles. The van der Waals surface area contributed by atoms with Crippen LogP contribution < -0.4 is 0 Å². The first-order valence-corrected chi connectivity index (χ1v) is 7.95. The van der Waals surface area contributed by atoms with Crippen molar-refractivity contribution in [1.29, 1.82) is 0 Å². The summed E-state index contributed by atoms with van der Waals surface area (Å²) in [4.78, 5) is 0.0588. The van der Waals surface area contributed by atoms with Gasteiger partial charge in [0.2, 0.25) is 0 Å². The minimum atomic E-state index is -0.203. The molecule has 0 aromatic heterocycles. The average Bonchev–Trinajstić information content (AvgIpc) is 2.45. The maximum absolute atomic E-state index is 9.84. The van der Waals surface area contributed by atoms with E-state index in [2.05, 4.69) is 11.8 Å². The van der Waals surface area contributed by atoms with Crippen molar-refractivity contribution in [1.82, 2.24) is 0 Å². The summed E-state index contributed by atoms with van der Waals surface area (Å²) >= 11 is 4.12. The van der Waals surface area contributed by atoms with Crippen molar-refractivity contribution in [2.75, 3.05) is 11.5 Å². The van der Waals surface area contributed by atoms with Gasteiger partial charge in [-0.05, 0) is 43.6 Å². The number of aliphatic hydroxyl groups is 1. The number of aliphatic hydroxyl groups excluding tert-OH is 1. The van der Waals surface area contributed by atoms with Crippen LogP contribution in [0.4, 0.5) is 0 Å². The van der Waals surface area contributed by atoms with Gasteiger partial charge in [-0.2, -0.15) is 11.8 Å². The van der Waals surface area contributed by atoms with Crippen LogP contribution in [0.1, 0.15) is 32.1 Å². The molecule has 3 saturated heterocycles. The molecule has 0 radical (unpaired) electrons. The van der Waals surface area contributed by atoms with Crippen molar-refractivity contribution in [3.05, 3.63) is 0 Å². The van der Waals surface area contributed by atoms with Gasteiger partial charge in [-0.15, -0.1) is 11.8 Å². The molecular formula is C11H18O2S2. The lowest BCUT2D eigenvalue weighted by molar-refractivity contribution is -0.155. The van der Waals surface area contributed by atoms with Crippen LogP contribution in [0, 0.1) is 0 Å². The molecule has 3 rings (SSSR count). The van der Waals surface area contributed by atoms with Gasteiger partial charge in [-0.1, -0.05) is 0 Å². The van der Waals surface area contributed by atoms with Gasteiger partial charge in [-0.3, -0.25) is 0 Å². The minimum absolute atomic E-state index is 0.0588. The lowest BCUT2D eigenvalue weighted by Gasteiger charge is -2.50. The zero-order valence-corrected chi connectivity index (χ0v) is 10.5. The molecule has 3 fully saturated rings. The normalized spacial score (nSPS) is 50.6. The van der Waals surface area contributed by atoms with Crippen LogP contribution >= 0.6 is 23.5 Å². The van der Waals surface area contributed by atoms with Crippen LogP contribution in [-0.4, -0.2) is 39.0 Å². The minimum Gasteiger partial charge on any atom is -0.390 e. The molecule has 86 valence electrons. The third-order valence-electron chi connectivity index (χ3n) is 3.73. The fourth-order valence-corrected chi connectivity index (χ4v) is 6.20. The number of hydrogen-bond acceptors (Lipinski definition) is 4. The lowest BCUT2D eigenvalue weighted by Crippen LogP contribution is -2.54. The summed E-state index contributed by atoms with van der Waals surface area (Å²) in [5.74, 6) is 2.52. The fraction of sp³-hybridized carbons (Fsp3) is 1.00. The second kappa shape index (κ2) is 4.13. The maximum atomic E-state index is 9.84. The van der Waals surface area contributed by atoms with E-state index < -0.39 is 0 Å². The molecule has 4 heteroatoms. The molecule has 3 heterocycles. The molecule has 0 unspecified atom stereocenters. The number of fused-ring (bicyclic) bond motifs is 1. The van der Waals surface area contributed by atoms with Crippen LogP contribution in [0.25, 0.3) is 0 Å². The standard InChI is InChI=1S/C11H18O2S2/c12-8-4-5-11-10(3-2-9(8)13-11)14-6-1-7-15-11/h8-10,12H,1-7H2/t8-,9-,10+,11+/m1/s1. The van der Waals surface area contributed by atoms with Gasteiger partial charge < -0.3 is 9.84 Å². The Morgan fingerprint density at radius 3 is 3.07 bits per heavy atom. The molecule has 2 bridgehead atoms. The van der Waals surface area contributed by atoms with E-state index >= 15 is 0 Å². The summed E-state index contributed by atoms with van der Waals surface area (Å²) < 4.78 is 6.20. The molecule has 0 aromatic carbocycles. The topological polar surface area (TPSA) is 29.5 Å². The van der Waals surface area contributed by atoms with E-state index in [1.165, 1.54) is 24.3 Å². The molecule has 0 saturated carbocycles. The van der Waals surface area contributed by atoms with E-state index in [1.54, 1.807) is 0 Å². The molecule has 0 aromatic rings. The lowest BCUT2D eigenvalue weighted by atomic mass is 9.89. The Morgan fingerprint density at radius 2 is 2.13 bits per heavy atom. The van der Waals surface area contributed by atoms with Gasteiger partial charge in [-0.25, -0.2) is 0 Å². The summed E-state index contributed by atoms with van der Waals surface area (Å²) in [6.07, 6.45) is 5.51. The van der Waals surface area contributed by atoms with Crippen LogP contribution in [0.3, 0.4) is 0 Å². The third-order valence-corrected chi connectivity index (χ3v) is 6.99. The van der Waals surface area contributed by atoms with Crippen molar-refractivity contribution in [3.63, 3.8) is 0 Å². The van der Waals surface area contributed by atoms with E-state index in [4.69, 9.17) is 4.74 Å². The summed E-state index contributed by atoms with van der Waals surface area (Å²) in [6, 6.07) is 0. The zero-order chi connectivity index (χ0) is 10.3. The summed E-state index contributed by atoms with van der Waals surface area (Å²) in [6.45, 7) is 0. The molecule has 2 nitrogen and oxygen atoms in total. The average molecular weight is 246 g/mol. The van der Waals surface area contributed by atoms with Crippen LogP contribution in [0.15, 0.2) is 0 Å². The van der Waals surface area contributed by atoms with E-state index in [9.17, 15) is 5.11 Å². The molecule has 3 aliphatic rings. The highest BCUT2D eigenvalue weighted by atomic mass is 32.2. The van der Waals surface area contributed by atoms with E-state index in [0.29, 0.717) is 5.25 Å². The van der Waals surface area contributed by atoms with Crippen molar-refractivity contribution >= 4 is 23.5 Å². The Balaban J connectivity index is 1.83. The van der Waals surface area contributed by atoms with E-state index in [1.807, 2.05) is 11.8 Å². The number of hydrogen-bond donors (Lipinski definition) is 1. The Bertz CT molecular complexity index is 249. The largest absolute Gasteiger partial charge is 0.390 e. The zero-order valence-electron chi connectivity index (χ0n) is 8.85. The SMILES string of the molecule is O[C@@H]1CC[C@@]23O[C@@H]1CC[C@@H]2SCCCS3. The molecule has 1 N–H and O–H groups in total. The van der Waals surface area contributed by atoms with Crippen molar-refractivity contribution < 1.29 is 9.84 Å². The van der Waals surface area contributed by atoms with Gasteiger partial charge in [0.15, 0.2) is 0 Å². The molecule has 4 atom stereocenters. The van der Waals surface area contributed by atoms with E-state index in [-0.39, 0.29) is 17.1 Å². The summed E-state index contributed by atoms with van der Waals surface area (Å²) in [5, 5.41) is 10.5. The van der Waals surface area contributed by atoms with Gasteiger partial charge in [0.25, 0.3) is 0 Å². The summed E-state index contributed by atoms with van der Waals surface area (Å²) in [7, 11) is 0. The van der Waals surface area contributed by atoms with Crippen LogP contribution in [-0.2, 0) is 4.74 Å². The second-order valence-corrected chi connectivity index (χ2v) is 7.41. The Morgan fingerprint density at radius 1 is 1.20 bits per heavy atom. The first kappa shape index (κ1) is 10.8. The first-order valence-electron chi connectivity index (χ1n) is 5.92. The molecular weight excluding hydrogens is 228 g/mol. The summed E-state index contributed by atoms with van der Waals surface area (Å²) in [5.41, 5.74) is 0. The van der Waals surface area contributed by atoms with Gasteiger partial charge in [0, 0.05) is 5.25 Å². The Labute approximate surface area is 99.5 Å². The number of rotatable bonds is 0. The second-order valence-electron chi connectivity index (χ2n) is 4.71. The smallest absolute Gasteiger partial charge is 0.126 e. The predicted octanol–water partition coefficient (Wildman–Crippen LogP) is 2.26. The van der Waals surface area contributed by atoms with Crippen molar-refractivity contribution in [2.24, 2.45) is 0 Å². The quantitative estimate of drug-likeness (QED) is 0.710. The number of ether oxygens (including phenoxy) is 1.